The van der Waals surface area contributed by atoms with E-state index in [1.807, 2.05) is 17.9 Å². The zero-order chi connectivity index (χ0) is 12.3. The zero-order valence-corrected chi connectivity index (χ0v) is 10.0. The number of anilines is 1. The number of β-amino-alcohol motifs (C(OH)–C–C–N with tert-alkyl or cyclic N) is 1. The SMILES string of the molecule is CCOCC(O)CN1CCc2cccc(F)c21. The maximum absolute atomic E-state index is 13.7. The lowest BCUT2D eigenvalue weighted by atomic mass is 10.1. The van der Waals surface area contributed by atoms with Crippen LogP contribution >= 0.6 is 0 Å². The molecule has 0 amide bonds. The molecule has 0 aliphatic carbocycles. The summed E-state index contributed by atoms with van der Waals surface area (Å²) in [4.78, 5) is 1.90. The Hall–Kier alpha value is -1.13. The molecule has 1 aromatic rings. The highest BCUT2D eigenvalue weighted by Gasteiger charge is 2.24. The standard InChI is InChI=1S/C13H18FNO2/c1-2-17-9-11(16)8-15-7-6-10-4-3-5-12(14)13(10)15/h3-5,11,16H,2,6-9H2,1H3. The van der Waals surface area contributed by atoms with E-state index in [0.717, 1.165) is 18.5 Å². The number of aliphatic hydroxyl groups excluding tert-OH is 1. The number of fused-ring (bicyclic) bond motifs is 1. The van der Waals surface area contributed by atoms with Gasteiger partial charge in [-0.15, -0.1) is 0 Å². The van der Waals surface area contributed by atoms with Crippen molar-refractivity contribution >= 4 is 5.69 Å². The number of hydrogen-bond donors (Lipinski definition) is 1. The molecule has 0 spiro atoms. The van der Waals surface area contributed by atoms with Crippen molar-refractivity contribution in [3.05, 3.63) is 29.6 Å². The van der Waals surface area contributed by atoms with Gasteiger partial charge >= 0.3 is 0 Å². The minimum absolute atomic E-state index is 0.205. The van der Waals surface area contributed by atoms with Crippen LogP contribution in [0.3, 0.4) is 0 Å². The maximum atomic E-state index is 13.7. The van der Waals surface area contributed by atoms with Gasteiger partial charge in [-0.3, -0.25) is 0 Å². The first-order chi connectivity index (χ1) is 8.22. The van der Waals surface area contributed by atoms with Gasteiger partial charge in [-0.2, -0.15) is 0 Å². The molecule has 1 unspecified atom stereocenters. The van der Waals surface area contributed by atoms with Crippen LogP contribution in [-0.4, -0.2) is 37.5 Å². The number of benzene rings is 1. The molecule has 1 aliphatic heterocycles. The lowest BCUT2D eigenvalue weighted by Gasteiger charge is -2.23. The number of hydrogen-bond acceptors (Lipinski definition) is 3. The van der Waals surface area contributed by atoms with Gasteiger partial charge in [0, 0.05) is 19.7 Å². The Labute approximate surface area is 101 Å². The van der Waals surface area contributed by atoms with Crippen molar-refractivity contribution in [2.75, 3.05) is 31.2 Å². The molecule has 0 bridgehead atoms. The largest absolute Gasteiger partial charge is 0.389 e. The van der Waals surface area contributed by atoms with E-state index in [9.17, 15) is 9.50 Å². The average molecular weight is 239 g/mol. The highest BCUT2D eigenvalue weighted by Crippen LogP contribution is 2.30. The molecular formula is C13H18FNO2. The van der Waals surface area contributed by atoms with Gasteiger partial charge in [-0.25, -0.2) is 4.39 Å². The molecule has 0 aromatic heterocycles. The van der Waals surface area contributed by atoms with Crippen LogP contribution < -0.4 is 4.90 Å². The average Bonchev–Trinajstić information content (AvgIpc) is 2.71. The van der Waals surface area contributed by atoms with Gasteiger partial charge < -0.3 is 14.7 Å². The summed E-state index contributed by atoms with van der Waals surface area (Å²) in [6.07, 6.45) is 0.273. The van der Waals surface area contributed by atoms with Gasteiger partial charge in [-0.05, 0) is 25.0 Å². The summed E-state index contributed by atoms with van der Waals surface area (Å²) >= 11 is 0. The topological polar surface area (TPSA) is 32.7 Å². The smallest absolute Gasteiger partial charge is 0.146 e. The Morgan fingerprint density at radius 1 is 1.53 bits per heavy atom. The van der Waals surface area contributed by atoms with Gasteiger partial charge in [0.15, 0.2) is 0 Å². The molecule has 0 radical (unpaired) electrons. The van der Waals surface area contributed by atoms with Crippen molar-refractivity contribution < 1.29 is 14.2 Å². The highest BCUT2D eigenvalue weighted by molar-refractivity contribution is 5.59. The second-order valence-corrected chi connectivity index (χ2v) is 4.26. The lowest BCUT2D eigenvalue weighted by Crippen LogP contribution is -2.34. The lowest BCUT2D eigenvalue weighted by molar-refractivity contribution is 0.0465. The summed E-state index contributed by atoms with van der Waals surface area (Å²) < 4.78 is 18.8. The van der Waals surface area contributed by atoms with Gasteiger partial charge in [0.1, 0.15) is 5.82 Å². The maximum Gasteiger partial charge on any atom is 0.146 e. The third-order valence-electron chi connectivity index (χ3n) is 2.98. The number of ether oxygens (including phenoxy) is 1. The van der Waals surface area contributed by atoms with E-state index >= 15 is 0 Å². The van der Waals surface area contributed by atoms with E-state index in [1.165, 1.54) is 6.07 Å². The molecule has 0 saturated carbocycles. The van der Waals surface area contributed by atoms with E-state index in [1.54, 1.807) is 6.07 Å². The van der Waals surface area contributed by atoms with E-state index < -0.39 is 6.10 Å². The molecule has 1 heterocycles. The molecule has 1 aromatic carbocycles. The molecule has 1 aliphatic rings. The summed E-state index contributed by atoms with van der Waals surface area (Å²) in [5.74, 6) is -0.205. The monoisotopic (exact) mass is 239 g/mol. The van der Waals surface area contributed by atoms with Gasteiger partial charge in [0.25, 0.3) is 0 Å². The first-order valence-electron chi connectivity index (χ1n) is 6.00. The quantitative estimate of drug-likeness (QED) is 0.847. The van der Waals surface area contributed by atoms with Crippen molar-refractivity contribution in [1.29, 1.82) is 0 Å². The fourth-order valence-corrected chi connectivity index (χ4v) is 2.23. The Bertz CT molecular complexity index is 384. The van der Waals surface area contributed by atoms with E-state index in [0.29, 0.717) is 25.4 Å². The molecule has 3 nitrogen and oxygen atoms in total. The fraction of sp³-hybridized carbons (Fsp3) is 0.538. The predicted octanol–water partition coefficient (Wildman–Crippen LogP) is 1.59. The zero-order valence-electron chi connectivity index (χ0n) is 10.0. The highest BCUT2D eigenvalue weighted by atomic mass is 19.1. The minimum atomic E-state index is -0.569. The molecular weight excluding hydrogens is 221 g/mol. The third-order valence-corrected chi connectivity index (χ3v) is 2.98. The van der Waals surface area contributed by atoms with Gasteiger partial charge in [0.05, 0.1) is 18.4 Å². The van der Waals surface area contributed by atoms with Crippen molar-refractivity contribution in [2.45, 2.75) is 19.4 Å². The normalized spacial score (nSPS) is 16.1. The third kappa shape index (κ3) is 2.76. The van der Waals surface area contributed by atoms with Crippen LogP contribution in [-0.2, 0) is 11.2 Å². The summed E-state index contributed by atoms with van der Waals surface area (Å²) in [6.45, 7) is 3.96. The van der Waals surface area contributed by atoms with Crippen molar-refractivity contribution in [3.63, 3.8) is 0 Å². The van der Waals surface area contributed by atoms with Crippen LogP contribution in [0, 0.1) is 5.82 Å². The molecule has 0 fully saturated rings. The summed E-state index contributed by atoms with van der Waals surface area (Å²) in [5, 5.41) is 9.77. The summed E-state index contributed by atoms with van der Waals surface area (Å²) in [5.41, 5.74) is 1.66. The molecule has 1 atom stereocenters. The van der Waals surface area contributed by atoms with Gasteiger partial charge in [-0.1, -0.05) is 12.1 Å². The summed E-state index contributed by atoms with van der Waals surface area (Å²) in [7, 11) is 0. The van der Waals surface area contributed by atoms with Crippen LogP contribution in [0.4, 0.5) is 10.1 Å². The first kappa shape index (κ1) is 12.3. The van der Waals surface area contributed by atoms with Crippen molar-refractivity contribution in [1.82, 2.24) is 0 Å². The minimum Gasteiger partial charge on any atom is -0.389 e. The van der Waals surface area contributed by atoms with E-state index in [2.05, 4.69) is 0 Å². The number of para-hydroxylation sites is 1. The fourth-order valence-electron chi connectivity index (χ4n) is 2.23. The molecule has 0 saturated heterocycles. The molecule has 2 rings (SSSR count). The van der Waals surface area contributed by atoms with E-state index in [-0.39, 0.29) is 5.82 Å². The van der Waals surface area contributed by atoms with Crippen LogP contribution in [0.1, 0.15) is 12.5 Å². The Morgan fingerprint density at radius 3 is 3.12 bits per heavy atom. The van der Waals surface area contributed by atoms with Crippen molar-refractivity contribution in [2.24, 2.45) is 0 Å². The molecule has 4 heteroatoms. The molecule has 94 valence electrons. The van der Waals surface area contributed by atoms with Crippen molar-refractivity contribution in [3.8, 4) is 0 Å². The second-order valence-electron chi connectivity index (χ2n) is 4.26. The Morgan fingerprint density at radius 2 is 2.35 bits per heavy atom. The Balaban J connectivity index is 2.02. The number of aliphatic hydroxyl groups is 1. The Kier molecular flexibility index (Phi) is 3.97. The van der Waals surface area contributed by atoms with Gasteiger partial charge in [0.2, 0.25) is 0 Å². The van der Waals surface area contributed by atoms with Crippen LogP contribution in [0.5, 0.6) is 0 Å². The first-order valence-corrected chi connectivity index (χ1v) is 6.00. The van der Waals surface area contributed by atoms with Crippen LogP contribution in [0.25, 0.3) is 0 Å². The molecule has 1 N–H and O–H groups in total. The van der Waals surface area contributed by atoms with E-state index in [4.69, 9.17) is 4.74 Å². The number of nitrogens with zero attached hydrogens (tertiary/aromatic N) is 1. The van der Waals surface area contributed by atoms with Crippen LogP contribution in [0.2, 0.25) is 0 Å². The number of halogens is 1. The summed E-state index contributed by atoms with van der Waals surface area (Å²) in [6, 6.07) is 5.13. The van der Waals surface area contributed by atoms with Crippen LogP contribution in [0.15, 0.2) is 18.2 Å². The molecule has 17 heavy (non-hydrogen) atoms. The number of rotatable bonds is 5. The second kappa shape index (κ2) is 5.47. The predicted molar refractivity (Wildman–Crippen MR) is 64.8 cm³/mol.